The molecule has 2 N–H and O–H groups in total. The lowest BCUT2D eigenvalue weighted by Crippen LogP contribution is -2.49. The van der Waals surface area contributed by atoms with Crippen molar-refractivity contribution >= 4 is 22.8 Å². The number of hydrogen-bond acceptors (Lipinski definition) is 4. The summed E-state index contributed by atoms with van der Waals surface area (Å²) >= 11 is 0. The predicted molar refractivity (Wildman–Crippen MR) is 130 cm³/mol. The van der Waals surface area contributed by atoms with Crippen LogP contribution in [0.3, 0.4) is 0 Å². The molecule has 0 spiro atoms. The number of ether oxygens (including phenoxy) is 1. The summed E-state index contributed by atoms with van der Waals surface area (Å²) in [5.74, 6) is -0.464. The number of carbonyl (C=O) groups excluding carboxylic acids is 2. The van der Waals surface area contributed by atoms with E-state index in [1.54, 1.807) is 0 Å². The number of carbonyl (C=O) groups is 2. The first kappa shape index (κ1) is 23.1. The van der Waals surface area contributed by atoms with Gasteiger partial charge in [0.1, 0.15) is 6.54 Å². The number of fused-ring (bicyclic) bond motifs is 1. The number of nitrogens with two attached hydrogens (primary N) is 1. The van der Waals surface area contributed by atoms with Crippen molar-refractivity contribution < 1.29 is 14.3 Å². The number of likely N-dealkylation sites (tertiary alicyclic amines) is 1. The zero-order valence-corrected chi connectivity index (χ0v) is 19.5. The monoisotopic (exact) mass is 447 g/mol. The van der Waals surface area contributed by atoms with Crippen molar-refractivity contribution in [2.45, 2.75) is 46.2 Å². The summed E-state index contributed by atoms with van der Waals surface area (Å²) in [5, 5.41) is 1.12. The molecule has 33 heavy (non-hydrogen) atoms. The van der Waals surface area contributed by atoms with Crippen LogP contribution in [0.15, 0.2) is 54.7 Å². The molecule has 1 fully saturated rings. The van der Waals surface area contributed by atoms with Crippen LogP contribution in [0.5, 0.6) is 0 Å². The lowest BCUT2D eigenvalue weighted by Gasteiger charge is -2.41. The Balaban J connectivity index is 1.62. The number of aromatic nitrogens is 1. The van der Waals surface area contributed by atoms with Crippen LogP contribution in [-0.4, -0.2) is 41.0 Å². The number of para-hydroxylation sites is 1. The van der Waals surface area contributed by atoms with Gasteiger partial charge >= 0.3 is 5.97 Å². The van der Waals surface area contributed by atoms with Gasteiger partial charge in [-0.1, -0.05) is 42.5 Å². The van der Waals surface area contributed by atoms with Gasteiger partial charge in [0.2, 0.25) is 5.91 Å². The van der Waals surface area contributed by atoms with Crippen LogP contribution >= 0.6 is 0 Å². The molecule has 1 amide bonds. The van der Waals surface area contributed by atoms with Crippen molar-refractivity contribution in [1.82, 2.24) is 9.47 Å². The van der Waals surface area contributed by atoms with Gasteiger partial charge < -0.3 is 15.0 Å². The molecule has 6 heteroatoms. The van der Waals surface area contributed by atoms with E-state index < -0.39 is 5.41 Å². The van der Waals surface area contributed by atoms with E-state index in [2.05, 4.69) is 30.0 Å². The third-order valence-corrected chi connectivity index (χ3v) is 6.75. The SMILES string of the molecule is CCOC(=O)[C@]1(Cc2ccccc2C)CCCN(Cc2cn(CC(N)=O)c3ccccc23)C1. The molecule has 1 saturated heterocycles. The van der Waals surface area contributed by atoms with Gasteiger partial charge in [0, 0.05) is 30.2 Å². The van der Waals surface area contributed by atoms with Crippen molar-refractivity contribution in [3.05, 3.63) is 71.4 Å². The molecule has 0 bridgehead atoms. The number of esters is 1. The molecule has 2 heterocycles. The van der Waals surface area contributed by atoms with Gasteiger partial charge in [-0.25, -0.2) is 0 Å². The zero-order valence-electron chi connectivity index (χ0n) is 19.5. The number of aryl methyl sites for hydroxylation is 1. The molecular formula is C27H33N3O3. The summed E-state index contributed by atoms with van der Waals surface area (Å²) in [5.41, 5.74) is 9.45. The number of primary amides is 1. The molecule has 4 rings (SSSR count). The zero-order chi connectivity index (χ0) is 23.4. The fourth-order valence-electron chi connectivity index (χ4n) is 5.19. The quantitative estimate of drug-likeness (QED) is 0.533. The molecule has 1 aliphatic heterocycles. The van der Waals surface area contributed by atoms with Crippen molar-refractivity contribution in [1.29, 1.82) is 0 Å². The number of nitrogens with zero attached hydrogens (tertiary/aromatic N) is 2. The van der Waals surface area contributed by atoms with Gasteiger partial charge in [-0.05, 0) is 62.4 Å². The van der Waals surface area contributed by atoms with Gasteiger partial charge in [0.25, 0.3) is 0 Å². The summed E-state index contributed by atoms with van der Waals surface area (Å²) < 4.78 is 7.51. The lowest BCUT2D eigenvalue weighted by atomic mass is 9.74. The average molecular weight is 448 g/mol. The lowest BCUT2D eigenvalue weighted by molar-refractivity contribution is -0.159. The van der Waals surface area contributed by atoms with Gasteiger partial charge in [0.15, 0.2) is 0 Å². The highest BCUT2D eigenvalue weighted by molar-refractivity contribution is 5.86. The van der Waals surface area contributed by atoms with E-state index in [4.69, 9.17) is 10.5 Å². The Labute approximate surface area is 195 Å². The van der Waals surface area contributed by atoms with E-state index in [0.29, 0.717) is 26.1 Å². The third kappa shape index (κ3) is 4.96. The first-order valence-electron chi connectivity index (χ1n) is 11.7. The topological polar surface area (TPSA) is 77.6 Å². The first-order valence-corrected chi connectivity index (χ1v) is 11.7. The Bertz CT molecular complexity index is 1150. The highest BCUT2D eigenvalue weighted by Gasteiger charge is 2.43. The first-order chi connectivity index (χ1) is 15.9. The second-order valence-electron chi connectivity index (χ2n) is 9.18. The van der Waals surface area contributed by atoms with E-state index in [1.165, 1.54) is 11.1 Å². The molecule has 1 aromatic heterocycles. The van der Waals surface area contributed by atoms with Crippen LogP contribution in [0, 0.1) is 12.3 Å². The van der Waals surface area contributed by atoms with Gasteiger partial charge in [-0.15, -0.1) is 0 Å². The molecule has 0 unspecified atom stereocenters. The van der Waals surface area contributed by atoms with Crippen molar-refractivity contribution in [2.75, 3.05) is 19.7 Å². The fraction of sp³-hybridized carbons (Fsp3) is 0.407. The number of amides is 1. The molecule has 0 saturated carbocycles. The fourth-order valence-corrected chi connectivity index (χ4v) is 5.19. The molecule has 174 valence electrons. The molecule has 0 radical (unpaired) electrons. The summed E-state index contributed by atoms with van der Waals surface area (Å²) in [6, 6.07) is 16.4. The number of piperidine rings is 1. The molecule has 6 nitrogen and oxygen atoms in total. The number of hydrogen-bond donors (Lipinski definition) is 1. The van der Waals surface area contributed by atoms with E-state index in [0.717, 1.165) is 35.9 Å². The molecule has 3 aromatic rings. The third-order valence-electron chi connectivity index (χ3n) is 6.75. The Morgan fingerprint density at radius 3 is 2.61 bits per heavy atom. The minimum absolute atomic E-state index is 0.103. The predicted octanol–water partition coefficient (Wildman–Crippen LogP) is 3.82. The second-order valence-corrected chi connectivity index (χ2v) is 9.18. The summed E-state index contributed by atoms with van der Waals surface area (Å²) in [6.07, 6.45) is 4.46. The smallest absolute Gasteiger partial charge is 0.313 e. The summed E-state index contributed by atoms with van der Waals surface area (Å²) in [6.45, 7) is 6.78. The molecular weight excluding hydrogens is 414 g/mol. The number of benzene rings is 2. The Kier molecular flexibility index (Phi) is 6.84. The van der Waals surface area contributed by atoms with Crippen LogP contribution < -0.4 is 5.73 Å². The van der Waals surface area contributed by atoms with E-state index in [1.807, 2.05) is 48.0 Å². The maximum atomic E-state index is 13.3. The molecule has 1 atom stereocenters. The Hall–Kier alpha value is -3.12. The van der Waals surface area contributed by atoms with Gasteiger partial charge in [-0.2, -0.15) is 0 Å². The standard InChI is InChI=1S/C27H33N3O3/c1-3-33-26(32)27(15-21-10-5-4-9-20(21)2)13-8-14-29(19-27)16-22-17-30(18-25(28)31)24-12-7-6-11-23(22)24/h4-7,9-12,17H,3,8,13-16,18-19H2,1-2H3,(H2,28,31)/t27-/m0/s1. The largest absolute Gasteiger partial charge is 0.466 e. The molecule has 0 aliphatic carbocycles. The van der Waals surface area contributed by atoms with Gasteiger partial charge in [-0.3, -0.25) is 14.5 Å². The molecule has 2 aromatic carbocycles. The van der Waals surface area contributed by atoms with Crippen LogP contribution in [0.25, 0.3) is 10.9 Å². The van der Waals surface area contributed by atoms with E-state index in [9.17, 15) is 9.59 Å². The highest BCUT2D eigenvalue weighted by Crippen LogP contribution is 2.37. The summed E-state index contributed by atoms with van der Waals surface area (Å²) in [4.78, 5) is 27.2. The van der Waals surface area contributed by atoms with Crippen molar-refractivity contribution in [3.63, 3.8) is 0 Å². The Morgan fingerprint density at radius 1 is 1.09 bits per heavy atom. The maximum absolute atomic E-state index is 13.3. The number of rotatable bonds is 8. The highest BCUT2D eigenvalue weighted by atomic mass is 16.5. The minimum Gasteiger partial charge on any atom is -0.466 e. The van der Waals surface area contributed by atoms with Crippen LogP contribution in [0.1, 0.15) is 36.5 Å². The van der Waals surface area contributed by atoms with Crippen molar-refractivity contribution in [2.24, 2.45) is 11.1 Å². The molecule has 1 aliphatic rings. The van der Waals surface area contributed by atoms with Gasteiger partial charge in [0.05, 0.1) is 12.0 Å². The van der Waals surface area contributed by atoms with Crippen LogP contribution in [0.4, 0.5) is 0 Å². The Morgan fingerprint density at radius 2 is 1.85 bits per heavy atom. The van der Waals surface area contributed by atoms with Crippen LogP contribution in [0.2, 0.25) is 0 Å². The van der Waals surface area contributed by atoms with E-state index in [-0.39, 0.29) is 18.4 Å². The van der Waals surface area contributed by atoms with E-state index >= 15 is 0 Å². The average Bonchev–Trinajstić information content (AvgIpc) is 3.12. The second kappa shape index (κ2) is 9.79. The minimum atomic E-state index is -0.564. The van der Waals surface area contributed by atoms with Crippen molar-refractivity contribution in [3.8, 4) is 0 Å². The summed E-state index contributed by atoms with van der Waals surface area (Å²) in [7, 11) is 0. The maximum Gasteiger partial charge on any atom is 0.313 e. The normalized spacial score (nSPS) is 19.0. The van der Waals surface area contributed by atoms with Crippen LogP contribution in [-0.2, 0) is 33.8 Å².